The lowest BCUT2D eigenvalue weighted by Gasteiger charge is -2.27. The number of carbonyl (C=O) groups excluding carboxylic acids is 2. The lowest BCUT2D eigenvalue weighted by atomic mass is 9.75. The molecule has 0 aromatic heterocycles. The van der Waals surface area contributed by atoms with Gasteiger partial charge < -0.3 is 4.79 Å². The van der Waals surface area contributed by atoms with E-state index in [9.17, 15) is 9.59 Å². The summed E-state index contributed by atoms with van der Waals surface area (Å²) in [7, 11) is 0. The number of rotatable bonds is 2. The molecule has 0 aliphatic heterocycles. The zero-order valence-electron chi connectivity index (χ0n) is 8.68. The van der Waals surface area contributed by atoms with E-state index in [1.807, 2.05) is 20.8 Å². The van der Waals surface area contributed by atoms with Gasteiger partial charge in [-0.15, -0.1) is 0 Å². The first-order chi connectivity index (χ1) is 5.85. The van der Waals surface area contributed by atoms with Gasteiger partial charge in [-0.25, -0.2) is 0 Å². The molecule has 0 radical (unpaired) electrons. The van der Waals surface area contributed by atoms with Gasteiger partial charge in [-0.05, 0) is 25.3 Å². The van der Waals surface area contributed by atoms with Crippen molar-refractivity contribution in [3.8, 4) is 0 Å². The second-order valence-corrected chi connectivity index (χ2v) is 4.41. The van der Waals surface area contributed by atoms with Crippen LogP contribution in [0.1, 0.15) is 34.1 Å². The van der Waals surface area contributed by atoms with E-state index in [1.54, 1.807) is 6.08 Å². The Morgan fingerprint density at radius 1 is 1.54 bits per heavy atom. The number of Topliss-reactive ketones (excluding diaryl/α,β-unsaturated/α-hetero) is 1. The summed E-state index contributed by atoms with van der Waals surface area (Å²) in [5.74, 6) is 0.0669. The molecule has 1 rings (SSSR count). The number of allylic oxidation sites excluding steroid dienone is 2. The third-order valence-electron chi connectivity index (χ3n) is 3.08. The molecule has 0 saturated heterocycles. The van der Waals surface area contributed by atoms with Crippen molar-refractivity contribution in [2.45, 2.75) is 34.1 Å². The quantitative estimate of drug-likeness (QED) is 0.652. The first-order valence-electron chi connectivity index (χ1n) is 4.57. The highest BCUT2D eigenvalue weighted by Gasteiger charge is 2.41. The molecule has 0 aromatic carbocycles. The van der Waals surface area contributed by atoms with E-state index in [0.717, 1.165) is 5.57 Å². The molecule has 0 N–H and O–H groups in total. The SMILES string of the molecule is CC(=O)CC1C(=O)C=C(C)C1(C)C. The third kappa shape index (κ3) is 1.71. The van der Waals surface area contributed by atoms with Crippen molar-refractivity contribution in [2.75, 3.05) is 0 Å². The summed E-state index contributed by atoms with van der Waals surface area (Å²) in [5, 5.41) is 0. The van der Waals surface area contributed by atoms with Gasteiger partial charge in [0.25, 0.3) is 0 Å². The van der Waals surface area contributed by atoms with E-state index in [0.29, 0.717) is 6.42 Å². The Kier molecular flexibility index (Phi) is 2.42. The number of carbonyl (C=O) groups is 2. The third-order valence-corrected chi connectivity index (χ3v) is 3.08. The Morgan fingerprint density at radius 3 is 2.38 bits per heavy atom. The molecule has 0 heterocycles. The van der Waals surface area contributed by atoms with Crippen LogP contribution in [0.15, 0.2) is 11.6 Å². The molecular formula is C11H16O2. The van der Waals surface area contributed by atoms with E-state index in [1.165, 1.54) is 6.92 Å². The maximum atomic E-state index is 11.5. The molecule has 0 bridgehead atoms. The fraction of sp³-hybridized carbons (Fsp3) is 0.636. The highest BCUT2D eigenvalue weighted by atomic mass is 16.1. The minimum Gasteiger partial charge on any atom is -0.300 e. The van der Waals surface area contributed by atoms with Gasteiger partial charge >= 0.3 is 0 Å². The van der Waals surface area contributed by atoms with Gasteiger partial charge in [-0.1, -0.05) is 19.4 Å². The van der Waals surface area contributed by atoms with E-state index < -0.39 is 0 Å². The molecule has 1 aliphatic carbocycles. The van der Waals surface area contributed by atoms with Crippen molar-refractivity contribution < 1.29 is 9.59 Å². The Labute approximate surface area is 79.0 Å². The summed E-state index contributed by atoms with van der Waals surface area (Å²) in [5.41, 5.74) is 0.951. The predicted octanol–water partition coefficient (Wildman–Crippen LogP) is 2.14. The smallest absolute Gasteiger partial charge is 0.160 e. The van der Waals surface area contributed by atoms with Gasteiger partial charge in [0.05, 0.1) is 0 Å². The zero-order chi connectivity index (χ0) is 10.2. The molecule has 2 nitrogen and oxygen atoms in total. The zero-order valence-corrected chi connectivity index (χ0v) is 8.68. The Balaban J connectivity index is 2.89. The summed E-state index contributed by atoms with van der Waals surface area (Å²) in [6, 6.07) is 0. The minimum absolute atomic E-state index is 0.0922. The molecule has 0 amide bonds. The summed E-state index contributed by atoms with van der Waals surface area (Å²) < 4.78 is 0. The average molecular weight is 180 g/mol. The molecule has 13 heavy (non-hydrogen) atoms. The van der Waals surface area contributed by atoms with Crippen molar-refractivity contribution in [3.05, 3.63) is 11.6 Å². The van der Waals surface area contributed by atoms with Crippen molar-refractivity contribution in [1.82, 2.24) is 0 Å². The molecule has 1 unspecified atom stereocenters. The first kappa shape index (κ1) is 10.2. The molecule has 0 saturated carbocycles. The van der Waals surface area contributed by atoms with Crippen molar-refractivity contribution in [2.24, 2.45) is 11.3 Å². The number of hydrogen-bond donors (Lipinski definition) is 0. The van der Waals surface area contributed by atoms with E-state index in [2.05, 4.69) is 0 Å². The lowest BCUT2D eigenvalue weighted by Crippen LogP contribution is -2.26. The minimum atomic E-state index is -0.136. The highest BCUT2D eigenvalue weighted by Crippen LogP contribution is 2.42. The molecular weight excluding hydrogens is 164 g/mol. The predicted molar refractivity (Wildman–Crippen MR) is 51.3 cm³/mol. The van der Waals surface area contributed by atoms with Crippen molar-refractivity contribution in [1.29, 1.82) is 0 Å². The van der Waals surface area contributed by atoms with Crippen LogP contribution in [0.2, 0.25) is 0 Å². The number of hydrogen-bond acceptors (Lipinski definition) is 2. The standard InChI is InChI=1S/C11H16O2/c1-7-5-10(13)9(6-8(2)12)11(7,3)4/h5,9H,6H2,1-4H3. The second kappa shape index (κ2) is 3.09. The van der Waals surface area contributed by atoms with Crippen molar-refractivity contribution >= 4 is 11.6 Å². The fourth-order valence-electron chi connectivity index (χ4n) is 1.77. The average Bonchev–Trinajstić information content (AvgIpc) is 2.13. The lowest BCUT2D eigenvalue weighted by molar-refractivity contribution is -0.125. The summed E-state index contributed by atoms with van der Waals surface area (Å²) >= 11 is 0. The molecule has 1 aliphatic rings. The summed E-state index contributed by atoms with van der Waals surface area (Å²) in [6.45, 7) is 7.55. The maximum Gasteiger partial charge on any atom is 0.160 e. The van der Waals surface area contributed by atoms with Crippen LogP contribution in [0, 0.1) is 11.3 Å². The molecule has 72 valence electrons. The number of ketones is 2. The largest absolute Gasteiger partial charge is 0.300 e. The molecule has 1 atom stereocenters. The first-order valence-corrected chi connectivity index (χ1v) is 4.57. The molecule has 0 fully saturated rings. The van der Waals surface area contributed by atoms with Crippen LogP contribution in [-0.2, 0) is 9.59 Å². The highest BCUT2D eigenvalue weighted by molar-refractivity contribution is 5.98. The Bertz CT molecular complexity index is 284. The molecule has 0 aromatic rings. The van der Waals surface area contributed by atoms with Crippen LogP contribution >= 0.6 is 0 Å². The topological polar surface area (TPSA) is 34.1 Å². The normalized spacial score (nSPS) is 26.0. The van der Waals surface area contributed by atoms with Gasteiger partial charge in [0.2, 0.25) is 0 Å². The molecule has 0 spiro atoms. The van der Waals surface area contributed by atoms with Crippen LogP contribution in [-0.4, -0.2) is 11.6 Å². The molecule has 2 heteroatoms. The Hall–Kier alpha value is -0.920. The Morgan fingerprint density at radius 2 is 2.08 bits per heavy atom. The van der Waals surface area contributed by atoms with Gasteiger partial charge in [0.1, 0.15) is 5.78 Å². The van der Waals surface area contributed by atoms with Crippen molar-refractivity contribution in [3.63, 3.8) is 0 Å². The summed E-state index contributed by atoms with van der Waals surface area (Å²) in [4.78, 5) is 22.5. The van der Waals surface area contributed by atoms with E-state index >= 15 is 0 Å². The van der Waals surface area contributed by atoms with Gasteiger partial charge in [-0.3, -0.25) is 4.79 Å². The van der Waals surface area contributed by atoms with E-state index in [-0.39, 0.29) is 22.9 Å². The fourth-order valence-corrected chi connectivity index (χ4v) is 1.77. The second-order valence-electron chi connectivity index (χ2n) is 4.41. The van der Waals surface area contributed by atoms with E-state index in [4.69, 9.17) is 0 Å². The maximum absolute atomic E-state index is 11.5. The van der Waals surface area contributed by atoms with Crippen LogP contribution in [0.3, 0.4) is 0 Å². The van der Waals surface area contributed by atoms with Gasteiger partial charge in [0, 0.05) is 12.3 Å². The van der Waals surface area contributed by atoms with Gasteiger partial charge in [0.15, 0.2) is 5.78 Å². The summed E-state index contributed by atoms with van der Waals surface area (Å²) in [6.07, 6.45) is 2.05. The van der Waals surface area contributed by atoms with Crippen LogP contribution in [0.4, 0.5) is 0 Å². The van der Waals surface area contributed by atoms with Crippen LogP contribution < -0.4 is 0 Å². The van der Waals surface area contributed by atoms with Gasteiger partial charge in [-0.2, -0.15) is 0 Å². The van der Waals surface area contributed by atoms with Crippen LogP contribution in [0.5, 0.6) is 0 Å². The van der Waals surface area contributed by atoms with Crippen LogP contribution in [0.25, 0.3) is 0 Å². The monoisotopic (exact) mass is 180 g/mol.